The van der Waals surface area contributed by atoms with Crippen molar-refractivity contribution in [3.63, 3.8) is 0 Å². The molecule has 0 saturated carbocycles. The second-order valence-electron chi connectivity index (χ2n) is 6.02. The molecule has 1 atom stereocenters. The summed E-state index contributed by atoms with van der Waals surface area (Å²) in [6.07, 6.45) is 1.70. The van der Waals surface area contributed by atoms with E-state index in [0.717, 1.165) is 16.9 Å². The molecule has 6 heteroatoms. The van der Waals surface area contributed by atoms with Gasteiger partial charge in [0, 0.05) is 35.1 Å². The molecule has 1 heterocycles. The zero-order chi connectivity index (χ0) is 18.8. The van der Waals surface area contributed by atoms with E-state index in [1.54, 1.807) is 32.4 Å². The molecule has 1 aliphatic rings. The summed E-state index contributed by atoms with van der Waals surface area (Å²) in [5.74, 6) is 0.799. The van der Waals surface area contributed by atoms with Crippen molar-refractivity contribution < 1.29 is 18.6 Å². The van der Waals surface area contributed by atoms with Crippen LogP contribution in [0.15, 0.2) is 36.5 Å². The number of benzene rings is 2. The molecule has 2 aromatic carbocycles. The molecule has 1 unspecified atom stereocenters. The van der Waals surface area contributed by atoms with Crippen LogP contribution in [0.3, 0.4) is 0 Å². The fourth-order valence-corrected chi connectivity index (χ4v) is 3.40. The molecule has 26 heavy (non-hydrogen) atoms. The van der Waals surface area contributed by atoms with E-state index < -0.39 is 0 Å². The molecular weight excluding hydrogens is 335 g/mol. The van der Waals surface area contributed by atoms with Crippen molar-refractivity contribution in [2.24, 2.45) is 0 Å². The quantitative estimate of drug-likeness (QED) is 0.784. The Kier molecular flexibility index (Phi) is 4.84. The van der Waals surface area contributed by atoms with Gasteiger partial charge in [-0.2, -0.15) is 0 Å². The highest BCUT2D eigenvalue weighted by Crippen LogP contribution is 2.52. The van der Waals surface area contributed by atoms with Crippen LogP contribution in [0.1, 0.15) is 29.0 Å². The molecule has 0 fully saturated rings. The van der Waals surface area contributed by atoms with E-state index in [0.29, 0.717) is 34.8 Å². The summed E-state index contributed by atoms with van der Waals surface area (Å²) < 4.78 is 31.2. The second-order valence-corrected chi connectivity index (χ2v) is 6.02. The fourth-order valence-electron chi connectivity index (χ4n) is 3.40. The summed E-state index contributed by atoms with van der Waals surface area (Å²) in [5, 5.41) is 10.7. The molecule has 2 aromatic rings. The summed E-state index contributed by atoms with van der Waals surface area (Å²) >= 11 is 0. The summed E-state index contributed by atoms with van der Waals surface area (Å²) in [6.45, 7) is 4.02. The third-order valence-electron chi connectivity index (χ3n) is 4.54. The summed E-state index contributed by atoms with van der Waals surface area (Å²) in [7, 11) is 4.63. The normalized spacial score (nSPS) is 15.7. The number of anilines is 1. The van der Waals surface area contributed by atoms with Crippen LogP contribution in [0.4, 0.5) is 10.1 Å². The topological polar surface area (TPSA) is 63.6 Å². The number of ether oxygens (including phenoxy) is 3. The van der Waals surface area contributed by atoms with Crippen molar-refractivity contribution in [2.75, 3.05) is 26.6 Å². The average molecular weight is 356 g/mol. The van der Waals surface area contributed by atoms with Gasteiger partial charge in [-0.1, -0.05) is 12.6 Å². The Hall–Kier alpha value is -3.02. The summed E-state index contributed by atoms with van der Waals surface area (Å²) in [5.41, 5.74) is 3.39. The maximum atomic E-state index is 14.7. The smallest absolute Gasteiger partial charge is 0.203 e. The van der Waals surface area contributed by atoms with Gasteiger partial charge >= 0.3 is 0 Å². The van der Waals surface area contributed by atoms with Gasteiger partial charge in [-0.25, -0.2) is 4.39 Å². The first-order chi connectivity index (χ1) is 12.5. The summed E-state index contributed by atoms with van der Waals surface area (Å²) in [4.78, 5) is 0. The maximum Gasteiger partial charge on any atom is 0.203 e. The van der Waals surface area contributed by atoms with Crippen molar-refractivity contribution in [1.29, 1.82) is 5.41 Å². The Morgan fingerprint density at radius 3 is 2.50 bits per heavy atom. The lowest BCUT2D eigenvalue weighted by atomic mass is 9.82. The van der Waals surface area contributed by atoms with E-state index in [9.17, 15) is 4.39 Å². The number of methoxy groups -OCH3 is 3. The van der Waals surface area contributed by atoms with Crippen LogP contribution < -0.4 is 19.5 Å². The lowest BCUT2D eigenvalue weighted by Gasteiger charge is -2.31. The molecule has 0 bridgehead atoms. The zero-order valence-corrected chi connectivity index (χ0v) is 15.0. The lowest BCUT2D eigenvalue weighted by Crippen LogP contribution is -2.18. The number of halogens is 1. The maximum absolute atomic E-state index is 14.7. The molecule has 0 aliphatic carbocycles. The van der Waals surface area contributed by atoms with Crippen molar-refractivity contribution in [3.05, 3.63) is 59.0 Å². The predicted molar refractivity (Wildman–Crippen MR) is 99.6 cm³/mol. The first kappa shape index (κ1) is 17.8. The molecule has 3 rings (SSSR count). The highest BCUT2D eigenvalue weighted by molar-refractivity contribution is 5.78. The highest BCUT2D eigenvalue weighted by atomic mass is 19.1. The van der Waals surface area contributed by atoms with Crippen LogP contribution in [0.25, 0.3) is 0 Å². The number of nitrogens with one attached hydrogen (secondary N) is 2. The number of rotatable bonds is 5. The SMILES string of the molecule is C=C1CC(c2cc(C=N)ccc2F)c2c(cc(OC)c(OC)c2OC)N1. The first-order valence-corrected chi connectivity index (χ1v) is 8.11. The Morgan fingerprint density at radius 2 is 1.88 bits per heavy atom. The molecule has 5 nitrogen and oxygen atoms in total. The number of fused-ring (bicyclic) bond motifs is 1. The van der Waals surface area contributed by atoms with E-state index in [1.807, 2.05) is 0 Å². The minimum absolute atomic E-state index is 0.326. The van der Waals surface area contributed by atoms with Gasteiger partial charge < -0.3 is 24.9 Å². The van der Waals surface area contributed by atoms with Gasteiger partial charge in [0.15, 0.2) is 11.5 Å². The van der Waals surface area contributed by atoms with Crippen LogP contribution >= 0.6 is 0 Å². The van der Waals surface area contributed by atoms with Gasteiger partial charge in [-0.15, -0.1) is 0 Å². The highest BCUT2D eigenvalue weighted by Gasteiger charge is 2.33. The molecule has 1 aliphatic heterocycles. The van der Waals surface area contributed by atoms with Gasteiger partial charge in [0.05, 0.1) is 21.3 Å². The minimum Gasteiger partial charge on any atom is -0.493 e. The Morgan fingerprint density at radius 1 is 1.15 bits per heavy atom. The summed E-state index contributed by atoms with van der Waals surface area (Å²) in [6, 6.07) is 6.44. The zero-order valence-electron chi connectivity index (χ0n) is 15.0. The third-order valence-corrected chi connectivity index (χ3v) is 4.54. The number of allylic oxidation sites excluding steroid dienone is 1. The average Bonchev–Trinajstić information content (AvgIpc) is 2.65. The minimum atomic E-state index is -0.335. The van der Waals surface area contributed by atoms with E-state index in [1.165, 1.54) is 19.4 Å². The van der Waals surface area contributed by atoms with Crippen molar-refractivity contribution in [3.8, 4) is 17.2 Å². The molecule has 0 spiro atoms. The van der Waals surface area contributed by atoms with Crippen LogP contribution in [0, 0.1) is 11.2 Å². The van der Waals surface area contributed by atoms with Crippen molar-refractivity contribution in [2.45, 2.75) is 12.3 Å². The van der Waals surface area contributed by atoms with Gasteiger partial charge in [0.1, 0.15) is 5.82 Å². The molecule has 0 saturated heterocycles. The van der Waals surface area contributed by atoms with E-state index >= 15 is 0 Å². The van der Waals surface area contributed by atoms with E-state index in [4.69, 9.17) is 19.6 Å². The Labute approximate surface area is 151 Å². The molecule has 0 amide bonds. The largest absolute Gasteiger partial charge is 0.493 e. The van der Waals surface area contributed by atoms with Gasteiger partial charge in [0.2, 0.25) is 5.75 Å². The van der Waals surface area contributed by atoms with Gasteiger partial charge in [0.25, 0.3) is 0 Å². The molecule has 0 radical (unpaired) electrons. The van der Waals surface area contributed by atoms with Crippen molar-refractivity contribution in [1.82, 2.24) is 0 Å². The Bertz CT molecular complexity index is 880. The first-order valence-electron chi connectivity index (χ1n) is 8.11. The van der Waals surface area contributed by atoms with Crippen LogP contribution in [0.2, 0.25) is 0 Å². The molecule has 0 aromatic heterocycles. The molecule has 2 N–H and O–H groups in total. The van der Waals surface area contributed by atoms with E-state index in [2.05, 4.69) is 11.9 Å². The number of hydrogen-bond donors (Lipinski definition) is 2. The molecule has 136 valence electrons. The predicted octanol–water partition coefficient (Wildman–Crippen LogP) is 4.31. The van der Waals surface area contributed by atoms with Crippen LogP contribution in [-0.4, -0.2) is 27.5 Å². The molecular formula is C20H21FN2O3. The monoisotopic (exact) mass is 356 g/mol. The van der Waals surface area contributed by atoms with Crippen LogP contribution in [0.5, 0.6) is 17.2 Å². The van der Waals surface area contributed by atoms with E-state index in [-0.39, 0.29) is 11.7 Å². The van der Waals surface area contributed by atoms with Gasteiger partial charge in [-0.05, 0) is 29.7 Å². The number of hydrogen-bond acceptors (Lipinski definition) is 5. The fraction of sp³-hybridized carbons (Fsp3) is 0.250. The second kappa shape index (κ2) is 7.07. The Balaban J connectivity index is 2.29. The van der Waals surface area contributed by atoms with Crippen LogP contribution in [-0.2, 0) is 0 Å². The van der Waals surface area contributed by atoms with Gasteiger partial charge in [-0.3, -0.25) is 0 Å². The lowest BCUT2D eigenvalue weighted by molar-refractivity contribution is 0.321. The van der Waals surface area contributed by atoms with Crippen molar-refractivity contribution >= 4 is 11.9 Å². The third kappa shape index (κ3) is 2.87. The standard InChI is InChI=1S/C20H21FN2O3/c1-11-7-14(13-8-12(10-22)5-6-15(13)21)18-16(23-11)9-17(24-2)19(25-3)20(18)26-4/h5-6,8-10,14,22-23H,1,7H2,2-4H3.